The Morgan fingerprint density at radius 3 is 2.53 bits per heavy atom. The van der Waals surface area contributed by atoms with Crippen LogP contribution in [0.1, 0.15) is 16.1 Å². The van der Waals surface area contributed by atoms with Crippen molar-refractivity contribution in [3.63, 3.8) is 0 Å². The molecular weight excluding hydrogens is 220 g/mol. The van der Waals surface area contributed by atoms with Crippen molar-refractivity contribution in [3.05, 3.63) is 23.5 Å². The van der Waals surface area contributed by atoms with Gasteiger partial charge in [0.2, 0.25) is 0 Å². The van der Waals surface area contributed by atoms with Gasteiger partial charge in [-0.3, -0.25) is 0 Å². The maximum Gasteiger partial charge on any atom is 0.434 e. The fraction of sp³-hybridized carbons (Fsp3) is 0.286. The molecule has 0 saturated heterocycles. The van der Waals surface area contributed by atoms with Crippen LogP contribution in [0.25, 0.3) is 0 Å². The Balaban J connectivity index is 3.33. The zero-order valence-corrected chi connectivity index (χ0v) is 7.30. The van der Waals surface area contributed by atoms with E-state index >= 15 is 0 Å². The van der Waals surface area contributed by atoms with Gasteiger partial charge < -0.3 is 4.74 Å². The Morgan fingerprint density at radius 2 is 2.07 bits per heavy atom. The highest BCUT2D eigenvalue weighted by atomic mass is 19.4. The van der Waals surface area contributed by atoms with Crippen LogP contribution in [0.2, 0.25) is 0 Å². The predicted molar refractivity (Wildman–Crippen MR) is 38.3 cm³/mol. The number of hydrogen-bond acceptors (Lipinski definition) is 4. The van der Waals surface area contributed by atoms with E-state index in [0.29, 0.717) is 6.20 Å². The van der Waals surface area contributed by atoms with E-state index < -0.39 is 29.5 Å². The Bertz CT molecular complexity index is 391. The van der Waals surface area contributed by atoms with E-state index in [2.05, 4.69) is 14.7 Å². The number of ether oxygens (including phenoxy) is 1. The van der Waals surface area contributed by atoms with Crippen molar-refractivity contribution in [2.75, 3.05) is 7.11 Å². The van der Waals surface area contributed by atoms with E-state index in [1.54, 1.807) is 0 Å². The van der Waals surface area contributed by atoms with Gasteiger partial charge in [-0.05, 0) is 0 Å². The highest BCUT2D eigenvalue weighted by Gasteiger charge is 2.38. The van der Waals surface area contributed by atoms with Crippen LogP contribution in [0.5, 0.6) is 0 Å². The number of esters is 1. The lowest BCUT2D eigenvalue weighted by Gasteiger charge is -2.08. The van der Waals surface area contributed by atoms with Gasteiger partial charge in [0.1, 0.15) is 5.56 Å². The predicted octanol–water partition coefficient (Wildman–Crippen LogP) is 1.42. The van der Waals surface area contributed by atoms with Gasteiger partial charge in [0, 0.05) is 6.20 Å². The van der Waals surface area contributed by atoms with E-state index in [9.17, 15) is 22.4 Å². The first-order chi connectivity index (χ1) is 6.86. The smallest absolute Gasteiger partial charge is 0.434 e. The minimum Gasteiger partial charge on any atom is -0.465 e. The standard InChI is InChI=1S/C7H4F4N2O2/c1-15-5(14)3-2-12-6(8)13-4(3)7(9,10)11/h2H,1H3. The van der Waals surface area contributed by atoms with Gasteiger partial charge in [0.15, 0.2) is 5.69 Å². The quantitative estimate of drug-likeness (QED) is 0.411. The summed E-state index contributed by atoms with van der Waals surface area (Å²) in [7, 11) is 0.895. The molecule has 0 radical (unpaired) electrons. The van der Waals surface area contributed by atoms with Crippen LogP contribution in [0, 0.1) is 6.08 Å². The molecule has 8 heteroatoms. The molecule has 0 aliphatic heterocycles. The molecule has 15 heavy (non-hydrogen) atoms. The lowest BCUT2D eigenvalue weighted by atomic mass is 10.2. The van der Waals surface area contributed by atoms with Crippen LogP contribution in [0.4, 0.5) is 17.6 Å². The molecule has 0 bridgehead atoms. The Kier molecular flexibility index (Phi) is 2.87. The number of hydrogen-bond donors (Lipinski definition) is 0. The van der Waals surface area contributed by atoms with Crippen LogP contribution in [0.15, 0.2) is 6.20 Å². The molecule has 0 fully saturated rings. The summed E-state index contributed by atoms with van der Waals surface area (Å²) < 4.78 is 53.2. The van der Waals surface area contributed by atoms with Gasteiger partial charge in [0.05, 0.1) is 7.11 Å². The van der Waals surface area contributed by atoms with Gasteiger partial charge in [-0.15, -0.1) is 0 Å². The number of halogens is 4. The van der Waals surface area contributed by atoms with Crippen molar-refractivity contribution in [1.29, 1.82) is 0 Å². The molecule has 0 saturated carbocycles. The topological polar surface area (TPSA) is 52.1 Å². The SMILES string of the molecule is COC(=O)c1cnc(F)nc1C(F)(F)F. The molecule has 0 N–H and O–H groups in total. The van der Waals surface area contributed by atoms with Crippen LogP contribution < -0.4 is 0 Å². The lowest BCUT2D eigenvalue weighted by Crippen LogP contribution is -2.18. The van der Waals surface area contributed by atoms with Gasteiger partial charge in [0.25, 0.3) is 0 Å². The second-order valence-corrected chi connectivity index (χ2v) is 2.39. The molecule has 82 valence electrons. The number of methoxy groups -OCH3 is 1. The van der Waals surface area contributed by atoms with E-state index in [1.165, 1.54) is 0 Å². The monoisotopic (exact) mass is 224 g/mol. The number of rotatable bonds is 1. The van der Waals surface area contributed by atoms with E-state index in [0.717, 1.165) is 7.11 Å². The van der Waals surface area contributed by atoms with Crippen molar-refractivity contribution in [2.45, 2.75) is 6.18 Å². The second kappa shape index (κ2) is 3.79. The lowest BCUT2D eigenvalue weighted by molar-refractivity contribution is -0.142. The molecule has 1 heterocycles. The molecule has 0 spiro atoms. The maximum absolute atomic E-state index is 12.4. The van der Waals surface area contributed by atoms with Crippen molar-refractivity contribution < 1.29 is 27.1 Å². The van der Waals surface area contributed by atoms with Crippen molar-refractivity contribution in [1.82, 2.24) is 9.97 Å². The molecule has 4 nitrogen and oxygen atoms in total. The zero-order chi connectivity index (χ0) is 11.6. The Morgan fingerprint density at radius 1 is 1.47 bits per heavy atom. The number of carbonyl (C=O) groups is 1. The fourth-order valence-electron chi connectivity index (χ4n) is 0.836. The minimum atomic E-state index is -4.94. The number of alkyl halides is 3. The molecule has 0 atom stereocenters. The molecule has 1 rings (SSSR count). The van der Waals surface area contributed by atoms with Gasteiger partial charge in [-0.25, -0.2) is 9.78 Å². The molecule has 0 aliphatic carbocycles. The normalized spacial score (nSPS) is 11.3. The van der Waals surface area contributed by atoms with Gasteiger partial charge in [-0.2, -0.15) is 22.5 Å². The number of nitrogens with zero attached hydrogens (tertiary/aromatic N) is 2. The summed E-state index contributed by atoms with van der Waals surface area (Å²) in [6, 6.07) is 0. The van der Waals surface area contributed by atoms with E-state index in [-0.39, 0.29) is 0 Å². The highest BCUT2D eigenvalue weighted by Crippen LogP contribution is 2.30. The summed E-state index contributed by atoms with van der Waals surface area (Å²) in [6.07, 6.45) is -6.07. The van der Waals surface area contributed by atoms with E-state index in [4.69, 9.17) is 0 Å². The average molecular weight is 224 g/mol. The van der Waals surface area contributed by atoms with Crippen molar-refractivity contribution >= 4 is 5.97 Å². The average Bonchev–Trinajstić information content (AvgIpc) is 2.15. The zero-order valence-electron chi connectivity index (χ0n) is 7.30. The van der Waals surface area contributed by atoms with Crippen LogP contribution >= 0.6 is 0 Å². The first-order valence-corrected chi connectivity index (χ1v) is 3.54. The van der Waals surface area contributed by atoms with Gasteiger partial charge in [-0.1, -0.05) is 0 Å². The summed E-state index contributed by atoms with van der Waals surface area (Å²) in [5.41, 5.74) is -2.58. The molecular formula is C7H4F4N2O2. The van der Waals surface area contributed by atoms with E-state index in [1.807, 2.05) is 0 Å². The van der Waals surface area contributed by atoms with Gasteiger partial charge >= 0.3 is 18.2 Å². The summed E-state index contributed by atoms with van der Waals surface area (Å²) in [6.45, 7) is 0. The molecule has 0 unspecified atom stereocenters. The van der Waals surface area contributed by atoms with Crippen molar-refractivity contribution in [2.24, 2.45) is 0 Å². The Labute approximate surface area is 80.9 Å². The second-order valence-electron chi connectivity index (χ2n) is 2.39. The molecule has 0 aromatic carbocycles. The molecule has 1 aromatic heterocycles. The summed E-state index contributed by atoms with van der Waals surface area (Å²) in [4.78, 5) is 16.2. The third kappa shape index (κ3) is 2.39. The summed E-state index contributed by atoms with van der Waals surface area (Å²) >= 11 is 0. The molecule has 0 amide bonds. The fourth-order valence-corrected chi connectivity index (χ4v) is 0.836. The summed E-state index contributed by atoms with van der Waals surface area (Å²) in [5.74, 6) is -1.28. The van der Waals surface area contributed by atoms with Crippen LogP contribution in [-0.2, 0) is 10.9 Å². The minimum absolute atomic E-state index is 0.428. The van der Waals surface area contributed by atoms with Crippen LogP contribution in [-0.4, -0.2) is 23.0 Å². The maximum atomic E-state index is 12.4. The first-order valence-electron chi connectivity index (χ1n) is 3.54. The highest BCUT2D eigenvalue weighted by molar-refractivity contribution is 5.90. The Hall–Kier alpha value is -1.73. The first kappa shape index (κ1) is 11.3. The third-order valence-corrected chi connectivity index (χ3v) is 1.43. The number of aromatic nitrogens is 2. The largest absolute Gasteiger partial charge is 0.465 e. The summed E-state index contributed by atoms with van der Waals surface area (Å²) in [5, 5.41) is 0. The van der Waals surface area contributed by atoms with Crippen molar-refractivity contribution in [3.8, 4) is 0 Å². The molecule has 1 aromatic rings. The number of carbonyl (C=O) groups excluding carboxylic acids is 1. The van der Waals surface area contributed by atoms with Crippen LogP contribution in [0.3, 0.4) is 0 Å². The third-order valence-electron chi connectivity index (χ3n) is 1.43. The molecule has 0 aliphatic rings.